The first-order chi connectivity index (χ1) is 11.2. The van der Waals surface area contributed by atoms with E-state index in [-0.39, 0.29) is 6.04 Å². The summed E-state index contributed by atoms with van der Waals surface area (Å²) in [6.45, 7) is 9.90. The van der Waals surface area contributed by atoms with E-state index in [9.17, 15) is 4.79 Å². The van der Waals surface area contributed by atoms with Crippen LogP contribution in [0, 0.1) is 0 Å². The fraction of sp³-hybridized carbons (Fsp3) is 0.471. The molecule has 0 bridgehead atoms. The highest BCUT2D eigenvalue weighted by molar-refractivity contribution is 5.90. The molecule has 0 aliphatic carbocycles. The van der Waals surface area contributed by atoms with Crippen molar-refractivity contribution in [3.63, 3.8) is 0 Å². The quantitative estimate of drug-likeness (QED) is 0.846. The number of aromatic nitrogens is 3. The molecule has 0 spiro atoms. The van der Waals surface area contributed by atoms with E-state index in [2.05, 4.69) is 10.2 Å². The van der Waals surface area contributed by atoms with Gasteiger partial charge in [-0.2, -0.15) is 0 Å². The Kier molecular flexibility index (Phi) is 5.23. The SMILES string of the molecule is CCn1c(Oc2cccc(C(=O)OC(C)(C)C)c2)nnc1[C@@H](C)N. The average molecular weight is 332 g/mol. The van der Waals surface area contributed by atoms with Crippen LogP contribution in [0.1, 0.15) is 56.8 Å². The largest absolute Gasteiger partial charge is 0.456 e. The summed E-state index contributed by atoms with van der Waals surface area (Å²) in [5.41, 5.74) is 5.74. The zero-order valence-electron chi connectivity index (χ0n) is 14.7. The van der Waals surface area contributed by atoms with Crippen LogP contribution >= 0.6 is 0 Å². The lowest BCUT2D eigenvalue weighted by Gasteiger charge is -2.19. The summed E-state index contributed by atoms with van der Waals surface area (Å²) in [5, 5.41) is 8.09. The first-order valence-corrected chi connectivity index (χ1v) is 7.91. The predicted octanol–water partition coefficient (Wildman–Crippen LogP) is 3.07. The van der Waals surface area contributed by atoms with E-state index in [1.54, 1.807) is 28.8 Å². The summed E-state index contributed by atoms with van der Waals surface area (Å²) in [7, 11) is 0. The summed E-state index contributed by atoms with van der Waals surface area (Å²) < 4.78 is 12.9. The van der Waals surface area contributed by atoms with Gasteiger partial charge < -0.3 is 15.2 Å². The number of esters is 1. The van der Waals surface area contributed by atoms with Gasteiger partial charge in [-0.3, -0.25) is 4.57 Å². The third kappa shape index (κ3) is 4.32. The Morgan fingerprint density at radius 3 is 2.62 bits per heavy atom. The van der Waals surface area contributed by atoms with Crippen LogP contribution < -0.4 is 10.5 Å². The second-order valence-electron chi connectivity index (χ2n) is 6.51. The van der Waals surface area contributed by atoms with Crippen LogP contribution in [0.3, 0.4) is 0 Å². The molecule has 24 heavy (non-hydrogen) atoms. The molecule has 0 unspecified atom stereocenters. The monoisotopic (exact) mass is 332 g/mol. The normalized spacial score (nSPS) is 12.8. The minimum atomic E-state index is -0.553. The van der Waals surface area contributed by atoms with E-state index in [0.717, 1.165) is 0 Å². The van der Waals surface area contributed by atoms with Crippen molar-refractivity contribution in [2.24, 2.45) is 5.73 Å². The molecular formula is C17H24N4O3. The lowest BCUT2D eigenvalue weighted by Crippen LogP contribution is -2.23. The van der Waals surface area contributed by atoms with Gasteiger partial charge in [0.2, 0.25) is 0 Å². The van der Waals surface area contributed by atoms with Gasteiger partial charge in [0.05, 0.1) is 11.6 Å². The smallest absolute Gasteiger partial charge is 0.338 e. The molecule has 0 saturated heterocycles. The second-order valence-corrected chi connectivity index (χ2v) is 6.51. The van der Waals surface area contributed by atoms with Gasteiger partial charge in [-0.25, -0.2) is 4.79 Å². The molecule has 1 aromatic carbocycles. The Bertz CT molecular complexity index is 717. The maximum Gasteiger partial charge on any atom is 0.338 e. The van der Waals surface area contributed by atoms with Crippen molar-refractivity contribution in [3.8, 4) is 11.8 Å². The number of carbonyl (C=O) groups excluding carboxylic acids is 1. The molecule has 0 aliphatic rings. The Labute approximate surface area is 141 Å². The lowest BCUT2D eigenvalue weighted by atomic mass is 10.1. The van der Waals surface area contributed by atoms with Crippen molar-refractivity contribution < 1.29 is 14.3 Å². The zero-order chi connectivity index (χ0) is 17.9. The molecule has 2 rings (SSSR count). The van der Waals surface area contributed by atoms with Crippen molar-refractivity contribution >= 4 is 5.97 Å². The number of rotatable bonds is 5. The van der Waals surface area contributed by atoms with E-state index in [1.807, 2.05) is 34.6 Å². The summed E-state index contributed by atoms with van der Waals surface area (Å²) in [6.07, 6.45) is 0. The maximum atomic E-state index is 12.2. The van der Waals surface area contributed by atoms with Crippen LogP contribution in [-0.4, -0.2) is 26.3 Å². The average Bonchev–Trinajstić information content (AvgIpc) is 2.88. The highest BCUT2D eigenvalue weighted by atomic mass is 16.6. The molecule has 2 N–H and O–H groups in total. The van der Waals surface area contributed by atoms with E-state index in [0.29, 0.717) is 29.7 Å². The number of ether oxygens (including phenoxy) is 2. The molecule has 1 aromatic heterocycles. The van der Waals surface area contributed by atoms with Gasteiger partial charge in [-0.05, 0) is 52.8 Å². The molecular weight excluding hydrogens is 308 g/mol. The topological polar surface area (TPSA) is 92.3 Å². The maximum absolute atomic E-state index is 12.2. The van der Waals surface area contributed by atoms with E-state index in [4.69, 9.17) is 15.2 Å². The number of nitrogens with zero attached hydrogens (tertiary/aromatic N) is 3. The van der Waals surface area contributed by atoms with Crippen LogP contribution in [0.15, 0.2) is 24.3 Å². The number of hydrogen-bond acceptors (Lipinski definition) is 6. The molecule has 0 radical (unpaired) electrons. The molecule has 7 heteroatoms. The van der Waals surface area contributed by atoms with Crippen LogP contribution in [0.5, 0.6) is 11.8 Å². The highest BCUT2D eigenvalue weighted by Crippen LogP contribution is 2.24. The number of carbonyl (C=O) groups is 1. The summed E-state index contributed by atoms with van der Waals surface area (Å²) in [5.74, 6) is 0.730. The number of hydrogen-bond donors (Lipinski definition) is 1. The Hall–Kier alpha value is -2.41. The summed E-state index contributed by atoms with van der Waals surface area (Å²) in [6, 6.07) is 6.86. The van der Waals surface area contributed by atoms with Gasteiger partial charge in [-0.15, -0.1) is 5.10 Å². The van der Waals surface area contributed by atoms with Gasteiger partial charge in [0.15, 0.2) is 5.82 Å². The summed E-state index contributed by atoms with van der Waals surface area (Å²) >= 11 is 0. The third-order valence-electron chi connectivity index (χ3n) is 3.15. The van der Waals surface area contributed by atoms with Gasteiger partial charge in [0, 0.05) is 6.54 Å². The van der Waals surface area contributed by atoms with E-state index in [1.165, 1.54) is 0 Å². The lowest BCUT2D eigenvalue weighted by molar-refractivity contribution is 0.00692. The van der Waals surface area contributed by atoms with Crippen molar-refractivity contribution in [1.82, 2.24) is 14.8 Å². The molecule has 2 aromatic rings. The van der Waals surface area contributed by atoms with Crippen LogP contribution in [0.2, 0.25) is 0 Å². The standard InChI is InChI=1S/C17H24N4O3/c1-6-21-14(11(2)18)19-20-16(21)23-13-9-7-8-12(10-13)15(22)24-17(3,4)5/h7-11H,6,18H2,1-5H3/t11-/m1/s1. The van der Waals surface area contributed by atoms with Crippen molar-refractivity contribution in [2.75, 3.05) is 0 Å². The molecule has 130 valence electrons. The molecule has 0 fully saturated rings. The second kappa shape index (κ2) is 7.00. The molecule has 1 heterocycles. The molecule has 1 atom stereocenters. The highest BCUT2D eigenvalue weighted by Gasteiger charge is 2.19. The molecule has 0 saturated carbocycles. The Morgan fingerprint density at radius 1 is 1.33 bits per heavy atom. The Balaban J connectivity index is 2.23. The van der Waals surface area contributed by atoms with Gasteiger partial charge >= 0.3 is 12.0 Å². The number of nitrogens with two attached hydrogens (primary N) is 1. The van der Waals surface area contributed by atoms with E-state index < -0.39 is 11.6 Å². The van der Waals surface area contributed by atoms with E-state index >= 15 is 0 Å². The van der Waals surface area contributed by atoms with Crippen LogP contribution in [0.25, 0.3) is 0 Å². The third-order valence-corrected chi connectivity index (χ3v) is 3.15. The van der Waals surface area contributed by atoms with Crippen molar-refractivity contribution in [3.05, 3.63) is 35.7 Å². The fourth-order valence-corrected chi connectivity index (χ4v) is 2.14. The fourth-order valence-electron chi connectivity index (χ4n) is 2.14. The molecule has 0 aliphatic heterocycles. The molecule has 7 nitrogen and oxygen atoms in total. The van der Waals surface area contributed by atoms with Gasteiger partial charge in [-0.1, -0.05) is 11.2 Å². The zero-order valence-corrected chi connectivity index (χ0v) is 14.7. The van der Waals surface area contributed by atoms with Gasteiger partial charge in [0.25, 0.3) is 0 Å². The summed E-state index contributed by atoms with van der Waals surface area (Å²) in [4.78, 5) is 12.2. The van der Waals surface area contributed by atoms with Crippen molar-refractivity contribution in [1.29, 1.82) is 0 Å². The number of benzene rings is 1. The van der Waals surface area contributed by atoms with Crippen molar-refractivity contribution in [2.45, 2.75) is 52.8 Å². The van der Waals surface area contributed by atoms with Crippen LogP contribution in [0.4, 0.5) is 0 Å². The predicted molar refractivity (Wildman–Crippen MR) is 90.0 cm³/mol. The molecule has 0 amide bonds. The van der Waals surface area contributed by atoms with Gasteiger partial charge in [0.1, 0.15) is 11.4 Å². The Morgan fingerprint density at radius 2 is 2.04 bits per heavy atom. The van der Waals surface area contributed by atoms with Crippen LogP contribution in [-0.2, 0) is 11.3 Å². The minimum Gasteiger partial charge on any atom is -0.456 e. The first-order valence-electron chi connectivity index (χ1n) is 7.91. The minimum absolute atomic E-state index is 0.247. The first kappa shape index (κ1) is 17.9.